The number of benzene rings is 2. The van der Waals surface area contributed by atoms with Gasteiger partial charge >= 0.3 is 5.97 Å². The summed E-state index contributed by atoms with van der Waals surface area (Å²) in [7, 11) is -3.66. The monoisotopic (exact) mass is 499 g/mol. The van der Waals surface area contributed by atoms with Gasteiger partial charge < -0.3 is 4.74 Å². The molecule has 0 amide bonds. The van der Waals surface area contributed by atoms with Crippen molar-refractivity contribution in [2.45, 2.75) is 65.6 Å². The zero-order valence-electron chi connectivity index (χ0n) is 20.6. The first-order chi connectivity index (χ1) is 16.8. The van der Waals surface area contributed by atoms with Crippen molar-refractivity contribution in [1.82, 2.24) is 24.9 Å². The molecular formula is C25H33N5O4S. The van der Waals surface area contributed by atoms with Crippen LogP contribution in [0.4, 0.5) is 0 Å². The molecule has 1 aromatic heterocycles. The van der Waals surface area contributed by atoms with Crippen LogP contribution in [0.2, 0.25) is 0 Å². The Morgan fingerprint density at radius 3 is 2.34 bits per heavy atom. The first-order valence-electron chi connectivity index (χ1n) is 11.9. The highest BCUT2D eigenvalue weighted by atomic mass is 32.2. The molecule has 9 nitrogen and oxygen atoms in total. The topological polar surface area (TPSA) is 118 Å². The van der Waals surface area contributed by atoms with E-state index in [9.17, 15) is 13.2 Å². The van der Waals surface area contributed by atoms with Crippen molar-refractivity contribution in [3.8, 4) is 22.5 Å². The number of tetrazole rings is 1. The number of hydrogen-bond donors (Lipinski definition) is 1. The number of carbonyl (C=O) groups excluding carboxylic acids is 1. The molecule has 35 heavy (non-hydrogen) atoms. The minimum Gasteiger partial charge on any atom is -0.461 e. The van der Waals surface area contributed by atoms with Gasteiger partial charge in [-0.2, -0.15) is 9.52 Å². The van der Waals surface area contributed by atoms with Crippen molar-refractivity contribution in [1.29, 1.82) is 0 Å². The third kappa shape index (κ3) is 6.73. The summed E-state index contributed by atoms with van der Waals surface area (Å²) in [6, 6.07) is 14.4. The van der Waals surface area contributed by atoms with Crippen LogP contribution in [0.5, 0.6) is 0 Å². The number of esters is 1. The van der Waals surface area contributed by atoms with E-state index in [4.69, 9.17) is 4.74 Å². The van der Waals surface area contributed by atoms with Crippen LogP contribution >= 0.6 is 0 Å². The molecule has 0 radical (unpaired) electrons. The molecule has 188 valence electrons. The predicted molar refractivity (Wildman–Crippen MR) is 135 cm³/mol. The zero-order chi connectivity index (χ0) is 25.4. The minimum absolute atomic E-state index is 0.0133. The first kappa shape index (κ1) is 26.5. The Kier molecular flexibility index (Phi) is 9.11. The van der Waals surface area contributed by atoms with E-state index < -0.39 is 22.0 Å². The molecule has 0 bridgehead atoms. The molecule has 0 saturated heterocycles. The van der Waals surface area contributed by atoms with Crippen molar-refractivity contribution in [2.75, 3.05) is 5.75 Å². The largest absolute Gasteiger partial charge is 0.461 e. The summed E-state index contributed by atoms with van der Waals surface area (Å²) in [6.07, 6.45) is 1.66. The number of unbranched alkanes of at least 4 members (excludes halogenated alkanes) is 1. The second-order valence-corrected chi connectivity index (χ2v) is 10.6. The number of aromatic nitrogens is 4. The molecule has 0 fully saturated rings. The van der Waals surface area contributed by atoms with E-state index in [1.165, 1.54) is 4.31 Å². The van der Waals surface area contributed by atoms with Crippen LogP contribution in [0.1, 0.15) is 52.5 Å². The standard InChI is InChI=1S/C25H33N5O4S/c1-5-7-16-35(32,33)30(19(4)25(31)34-18(3)6-2)17-20-12-14-21(15-13-20)22-10-8-9-11-23(22)24-26-28-29-27-24/h8-15,18-19H,5-7,16-17H2,1-4H3,(H,26,27,28,29)/t18?,19-/m0/s1. The second-order valence-electron chi connectivity index (χ2n) is 8.52. The Balaban J connectivity index is 1.87. The van der Waals surface area contributed by atoms with Gasteiger partial charge in [0.1, 0.15) is 6.04 Å². The molecule has 0 aliphatic heterocycles. The highest BCUT2D eigenvalue weighted by Gasteiger charge is 2.33. The second kappa shape index (κ2) is 12.0. The lowest BCUT2D eigenvalue weighted by Gasteiger charge is -2.28. The van der Waals surface area contributed by atoms with Gasteiger partial charge in [-0.3, -0.25) is 4.79 Å². The van der Waals surface area contributed by atoms with Gasteiger partial charge in [0.2, 0.25) is 15.8 Å². The maximum atomic E-state index is 13.2. The summed E-state index contributed by atoms with van der Waals surface area (Å²) in [5.74, 6) is -0.0581. The van der Waals surface area contributed by atoms with E-state index in [2.05, 4.69) is 20.6 Å². The number of hydrogen-bond acceptors (Lipinski definition) is 7. The summed E-state index contributed by atoms with van der Waals surface area (Å²) in [4.78, 5) is 12.7. The number of nitrogens with zero attached hydrogens (tertiary/aromatic N) is 4. The quantitative estimate of drug-likeness (QED) is 0.371. The Morgan fingerprint density at radius 2 is 1.74 bits per heavy atom. The Hall–Kier alpha value is -3.11. The number of aromatic amines is 1. The fraction of sp³-hybridized carbons (Fsp3) is 0.440. The zero-order valence-corrected chi connectivity index (χ0v) is 21.5. The van der Waals surface area contributed by atoms with Gasteiger partial charge in [0.25, 0.3) is 0 Å². The van der Waals surface area contributed by atoms with Crippen LogP contribution in [-0.4, -0.2) is 57.2 Å². The molecular weight excluding hydrogens is 466 g/mol. The Morgan fingerprint density at radius 1 is 1.06 bits per heavy atom. The number of rotatable bonds is 12. The average Bonchev–Trinajstić information content (AvgIpc) is 3.41. The third-order valence-electron chi connectivity index (χ3n) is 5.90. The summed E-state index contributed by atoms with van der Waals surface area (Å²) < 4.78 is 33.0. The van der Waals surface area contributed by atoms with Gasteiger partial charge in [-0.1, -0.05) is 68.8 Å². The summed E-state index contributed by atoms with van der Waals surface area (Å²) in [6.45, 7) is 7.31. The van der Waals surface area contributed by atoms with Gasteiger partial charge in [0.05, 0.1) is 11.9 Å². The SMILES string of the molecule is CCCCS(=O)(=O)N(Cc1ccc(-c2ccccc2-c2nn[nH]n2)cc1)[C@@H](C)C(=O)OC(C)CC. The molecule has 0 saturated carbocycles. The molecule has 1 unspecified atom stereocenters. The smallest absolute Gasteiger partial charge is 0.324 e. The molecule has 0 aliphatic rings. The molecule has 3 aromatic rings. The maximum Gasteiger partial charge on any atom is 0.324 e. The van der Waals surface area contributed by atoms with Gasteiger partial charge in [-0.15, -0.1) is 10.2 Å². The minimum atomic E-state index is -3.66. The van der Waals surface area contributed by atoms with E-state index in [0.717, 1.165) is 28.7 Å². The highest BCUT2D eigenvalue weighted by Crippen LogP contribution is 2.30. The highest BCUT2D eigenvalue weighted by molar-refractivity contribution is 7.89. The molecule has 0 aliphatic carbocycles. The predicted octanol–water partition coefficient (Wildman–Crippen LogP) is 4.20. The van der Waals surface area contributed by atoms with Gasteiger partial charge in [-0.25, -0.2) is 8.42 Å². The van der Waals surface area contributed by atoms with Crippen molar-refractivity contribution >= 4 is 16.0 Å². The normalized spacial score (nSPS) is 13.5. The van der Waals surface area contributed by atoms with Crippen molar-refractivity contribution < 1.29 is 17.9 Å². The van der Waals surface area contributed by atoms with E-state index in [1.807, 2.05) is 62.4 Å². The lowest BCUT2D eigenvalue weighted by atomic mass is 9.98. The van der Waals surface area contributed by atoms with E-state index >= 15 is 0 Å². The molecule has 0 spiro atoms. The maximum absolute atomic E-state index is 13.2. The molecule has 3 rings (SSSR count). The van der Waals surface area contributed by atoms with Crippen molar-refractivity contribution in [2.24, 2.45) is 0 Å². The van der Waals surface area contributed by atoms with Crippen LogP contribution in [0.3, 0.4) is 0 Å². The molecule has 1 heterocycles. The first-order valence-corrected chi connectivity index (χ1v) is 13.5. The van der Waals surface area contributed by atoms with Crippen LogP contribution < -0.4 is 0 Å². The molecule has 2 aromatic carbocycles. The van der Waals surface area contributed by atoms with E-state index in [-0.39, 0.29) is 18.4 Å². The number of H-pyrrole nitrogens is 1. The van der Waals surface area contributed by atoms with Gasteiger partial charge in [0.15, 0.2) is 0 Å². The number of sulfonamides is 1. The lowest BCUT2D eigenvalue weighted by Crippen LogP contribution is -2.45. The lowest BCUT2D eigenvalue weighted by molar-refractivity contribution is -0.152. The number of carbonyl (C=O) groups is 1. The van der Waals surface area contributed by atoms with Gasteiger partial charge in [-0.05, 0) is 48.6 Å². The van der Waals surface area contributed by atoms with Crippen LogP contribution in [0.15, 0.2) is 48.5 Å². The number of nitrogens with one attached hydrogen (secondary N) is 1. The molecule has 2 atom stereocenters. The summed E-state index contributed by atoms with van der Waals surface area (Å²) >= 11 is 0. The van der Waals surface area contributed by atoms with Crippen LogP contribution in [0.25, 0.3) is 22.5 Å². The van der Waals surface area contributed by atoms with Crippen molar-refractivity contribution in [3.63, 3.8) is 0 Å². The molecule has 10 heteroatoms. The van der Waals surface area contributed by atoms with E-state index in [1.54, 1.807) is 13.8 Å². The fourth-order valence-corrected chi connectivity index (χ4v) is 5.39. The Labute approximate surface area is 206 Å². The van der Waals surface area contributed by atoms with E-state index in [0.29, 0.717) is 18.7 Å². The summed E-state index contributed by atoms with van der Waals surface area (Å²) in [5, 5.41) is 14.3. The van der Waals surface area contributed by atoms with Crippen LogP contribution in [0, 0.1) is 0 Å². The van der Waals surface area contributed by atoms with Gasteiger partial charge in [0, 0.05) is 12.1 Å². The van der Waals surface area contributed by atoms with Crippen LogP contribution in [-0.2, 0) is 26.1 Å². The Bertz CT molecular complexity index is 1200. The average molecular weight is 500 g/mol. The summed E-state index contributed by atoms with van der Waals surface area (Å²) in [5.41, 5.74) is 3.46. The molecule has 1 N–H and O–H groups in total. The van der Waals surface area contributed by atoms with Crippen molar-refractivity contribution in [3.05, 3.63) is 54.1 Å². The fourth-order valence-electron chi connectivity index (χ4n) is 3.59. The number of ether oxygens (including phenoxy) is 1. The third-order valence-corrected chi connectivity index (χ3v) is 7.86.